The highest BCUT2D eigenvalue weighted by Crippen LogP contribution is 2.15. The van der Waals surface area contributed by atoms with E-state index in [1.807, 2.05) is 0 Å². The molecule has 0 aliphatic rings. The molecule has 0 atom stereocenters. The Balaban J connectivity index is 2.85. The van der Waals surface area contributed by atoms with Gasteiger partial charge in [0.25, 0.3) is 0 Å². The number of nitrogens with zero attached hydrogens (tertiary/aromatic N) is 1. The van der Waals surface area contributed by atoms with E-state index in [2.05, 4.69) is 4.74 Å². The van der Waals surface area contributed by atoms with Crippen molar-refractivity contribution in [2.24, 2.45) is 5.73 Å². The summed E-state index contributed by atoms with van der Waals surface area (Å²) in [4.78, 5) is 11.2. The molecule has 0 radical (unpaired) electrons. The van der Waals surface area contributed by atoms with E-state index in [1.54, 1.807) is 24.3 Å². The van der Waals surface area contributed by atoms with Gasteiger partial charge in [0.15, 0.2) is 0 Å². The molecular weight excluding hydrogens is 312 g/mol. The number of thiocarbonyl (C=S) groups is 1. The number of benzene rings is 1. The molecule has 21 heavy (non-hydrogen) atoms. The number of carbonyl (C=O) groups excluding carboxylic acids is 1. The average Bonchev–Trinajstić information content (AvgIpc) is 2.44. The second-order valence-electron chi connectivity index (χ2n) is 4.43. The lowest BCUT2D eigenvalue weighted by atomic mass is 10.1. The van der Waals surface area contributed by atoms with Gasteiger partial charge in [0.1, 0.15) is 4.99 Å². The van der Waals surface area contributed by atoms with Crippen molar-refractivity contribution >= 4 is 33.2 Å². The number of ether oxygens (including phenoxy) is 1. The lowest BCUT2D eigenvalue weighted by Gasteiger charge is -2.17. The number of methoxy groups -OCH3 is 1. The van der Waals surface area contributed by atoms with Gasteiger partial charge in [-0.2, -0.15) is 0 Å². The predicted octanol–water partition coefficient (Wildman–Crippen LogP) is 0.645. The van der Waals surface area contributed by atoms with Crippen molar-refractivity contribution in [3.63, 3.8) is 0 Å². The van der Waals surface area contributed by atoms with Gasteiger partial charge >= 0.3 is 5.97 Å². The highest BCUT2D eigenvalue weighted by Gasteiger charge is 2.21. The van der Waals surface area contributed by atoms with Crippen molar-refractivity contribution < 1.29 is 17.9 Å². The van der Waals surface area contributed by atoms with Crippen molar-refractivity contribution in [3.05, 3.63) is 35.4 Å². The van der Waals surface area contributed by atoms with Gasteiger partial charge in [0.05, 0.1) is 19.3 Å². The Labute approximate surface area is 129 Å². The largest absolute Gasteiger partial charge is 0.469 e. The minimum atomic E-state index is -3.56. The lowest BCUT2D eigenvalue weighted by molar-refractivity contribution is -0.140. The van der Waals surface area contributed by atoms with Gasteiger partial charge < -0.3 is 10.5 Å². The molecular formula is C13H18N2O4S2. The summed E-state index contributed by atoms with van der Waals surface area (Å²) in [5.41, 5.74) is 6.66. The summed E-state index contributed by atoms with van der Waals surface area (Å²) in [6.07, 6.45) is 0.00315. The molecule has 0 amide bonds. The summed E-state index contributed by atoms with van der Waals surface area (Å²) in [5.74, 6) is -0.682. The molecule has 8 heteroatoms. The quantitative estimate of drug-likeness (QED) is 0.583. The molecule has 0 heterocycles. The minimum Gasteiger partial charge on any atom is -0.469 e. The first kappa shape index (κ1) is 17.5. The summed E-state index contributed by atoms with van der Waals surface area (Å²) in [5, 5.41) is 0. The van der Waals surface area contributed by atoms with E-state index in [4.69, 9.17) is 18.0 Å². The summed E-state index contributed by atoms with van der Waals surface area (Å²) in [6, 6.07) is 6.81. The zero-order valence-corrected chi connectivity index (χ0v) is 13.5. The van der Waals surface area contributed by atoms with E-state index < -0.39 is 16.0 Å². The van der Waals surface area contributed by atoms with E-state index in [9.17, 15) is 13.2 Å². The Morgan fingerprint density at radius 3 is 2.57 bits per heavy atom. The van der Waals surface area contributed by atoms with Crippen molar-refractivity contribution in [2.45, 2.75) is 12.2 Å². The van der Waals surface area contributed by atoms with Crippen LogP contribution < -0.4 is 5.73 Å². The third kappa shape index (κ3) is 5.07. The van der Waals surface area contributed by atoms with Gasteiger partial charge in [-0.1, -0.05) is 36.5 Å². The Hall–Kier alpha value is -1.51. The highest BCUT2D eigenvalue weighted by atomic mass is 32.2. The Morgan fingerprint density at radius 1 is 1.38 bits per heavy atom. The zero-order chi connectivity index (χ0) is 16.0. The molecule has 0 fully saturated rings. The second kappa shape index (κ2) is 7.48. The number of carbonyl (C=O) groups is 1. The molecule has 0 saturated heterocycles. The first-order valence-corrected chi connectivity index (χ1v) is 8.18. The fourth-order valence-electron chi connectivity index (χ4n) is 1.68. The maximum atomic E-state index is 12.3. The summed E-state index contributed by atoms with van der Waals surface area (Å²) < 4.78 is 30.1. The van der Waals surface area contributed by atoms with Crippen molar-refractivity contribution in [3.8, 4) is 0 Å². The van der Waals surface area contributed by atoms with Crippen LogP contribution in [0.4, 0.5) is 0 Å². The van der Waals surface area contributed by atoms with E-state index in [1.165, 1.54) is 14.2 Å². The zero-order valence-electron chi connectivity index (χ0n) is 11.9. The molecule has 1 aromatic carbocycles. The van der Waals surface area contributed by atoms with Crippen molar-refractivity contribution in [2.75, 3.05) is 20.7 Å². The normalized spacial score (nSPS) is 11.4. The van der Waals surface area contributed by atoms with E-state index >= 15 is 0 Å². The number of nitrogens with two attached hydrogens (primary N) is 1. The molecule has 0 aromatic heterocycles. The standard InChI is InChI=1S/C13H18N2O4S2/c1-15(8-7-12(16)19-2)21(17,18)9-10-5-3-4-6-11(10)13(14)20/h3-6H,7-9H2,1-2H3,(H2,14,20). The Bertz CT molecular complexity index is 629. The fraction of sp³-hybridized carbons (Fsp3) is 0.385. The third-order valence-corrected chi connectivity index (χ3v) is 4.98. The number of hydrogen-bond acceptors (Lipinski definition) is 5. The van der Waals surface area contributed by atoms with Crippen molar-refractivity contribution in [1.82, 2.24) is 4.31 Å². The van der Waals surface area contributed by atoms with Crippen LogP contribution >= 0.6 is 12.2 Å². The van der Waals surface area contributed by atoms with Crippen LogP contribution in [-0.4, -0.2) is 44.4 Å². The van der Waals surface area contributed by atoms with E-state index in [0.29, 0.717) is 11.1 Å². The van der Waals surface area contributed by atoms with Crippen LogP contribution in [0, 0.1) is 0 Å². The molecule has 0 unspecified atom stereocenters. The predicted molar refractivity (Wildman–Crippen MR) is 84.2 cm³/mol. The Kier molecular flexibility index (Phi) is 6.25. The van der Waals surface area contributed by atoms with Crippen LogP contribution in [0.25, 0.3) is 0 Å². The summed E-state index contributed by atoms with van der Waals surface area (Å²) >= 11 is 4.91. The van der Waals surface area contributed by atoms with Crippen LogP contribution in [-0.2, 0) is 25.3 Å². The maximum absolute atomic E-state index is 12.3. The van der Waals surface area contributed by atoms with Crippen molar-refractivity contribution in [1.29, 1.82) is 0 Å². The topological polar surface area (TPSA) is 89.7 Å². The smallest absolute Gasteiger partial charge is 0.306 e. The van der Waals surface area contributed by atoms with Gasteiger partial charge in [-0.15, -0.1) is 0 Å². The number of rotatable bonds is 7. The molecule has 0 spiro atoms. The van der Waals surface area contributed by atoms with Gasteiger partial charge in [-0.25, -0.2) is 12.7 Å². The summed E-state index contributed by atoms with van der Waals surface area (Å²) in [7, 11) is -0.885. The van der Waals surface area contributed by atoms with Crippen LogP contribution in [0.5, 0.6) is 0 Å². The molecule has 0 aliphatic heterocycles. The maximum Gasteiger partial charge on any atom is 0.306 e. The van der Waals surface area contributed by atoms with E-state index in [-0.39, 0.29) is 23.7 Å². The van der Waals surface area contributed by atoms with E-state index in [0.717, 1.165) is 4.31 Å². The number of esters is 1. The van der Waals surface area contributed by atoms with Gasteiger partial charge in [-0.05, 0) is 5.56 Å². The lowest BCUT2D eigenvalue weighted by Crippen LogP contribution is -2.31. The highest BCUT2D eigenvalue weighted by molar-refractivity contribution is 7.88. The second-order valence-corrected chi connectivity index (χ2v) is 6.94. The number of sulfonamides is 1. The fourth-order valence-corrected chi connectivity index (χ4v) is 3.12. The van der Waals surface area contributed by atoms with Gasteiger partial charge in [0.2, 0.25) is 10.0 Å². The molecule has 2 N–H and O–H groups in total. The molecule has 0 aliphatic carbocycles. The van der Waals surface area contributed by atoms with Gasteiger partial charge in [-0.3, -0.25) is 4.79 Å². The molecule has 0 saturated carbocycles. The molecule has 1 aromatic rings. The Morgan fingerprint density at radius 2 is 2.00 bits per heavy atom. The monoisotopic (exact) mass is 330 g/mol. The average molecular weight is 330 g/mol. The van der Waals surface area contributed by atoms with Crippen LogP contribution in [0.15, 0.2) is 24.3 Å². The van der Waals surface area contributed by atoms with Crippen LogP contribution in [0.3, 0.4) is 0 Å². The first-order chi connectivity index (χ1) is 9.77. The molecule has 6 nitrogen and oxygen atoms in total. The van der Waals surface area contributed by atoms with Gasteiger partial charge in [0, 0.05) is 19.2 Å². The van der Waals surface area contributed by atoms with Crippen LogP contribution in [0.2, 0.25) is 0 Å². The SMILES string of the molecule is COC(=O)CCN(C)S(=O)(=O)Cc1ccccc1C(N)=S. The molecule has 0 bridgehead atoms. The van der Waals surface area contributed by atoms with Crippen LogP contribution in [0.1, 0.15) is 17.5 Å². The molecule has 1 rings (SSSR count). The number of hydrogen-bond donors (Lipinski definition) is 1. The summed E-state index contributed by atoms with van der Waals surface area (Å²) in [6.45, 7) is 0.0598. The molecule has 116 valence electrons. The third-order valence-electron chi connectivity index (χ3n) is 2.95. The first-order valence-electron chi connectivity index (χ1n) is 6.16. The minimum absolute atomic E-state index is 0.00315.